The lowest BCUT2D eigenvalue weighted by Crippen LogP contribution is -2.41. The number of ether oxygens (including phenoxy) is 2. The maximum atomic E-state index is 13.0. The normalized spacial score (nSPS) is 22.5. The van der Waals surface area contributed by atoms with E-state index < -0.39 is 11.6 Å². The SMILES string of the molecule is CC(C)(C)NCC1CCC(COc2cc(F)cc(F)c2)O1. The molecule has 0 saturated carbocycles. The van der Waals surface area contributed by atoms with Crippen LogP contribution < -0.4 is 10.1 Å². The molecule has 0 spiro atoms. The van der Waals surface area contributed by atoms with Gasteiger partial charge in [-0.2, -0.15) is 0 Å². The van der Waals surface area contributed by atoms with Crippen molar-refractivity contribution in [1.82, 2.24) is 5.32 Å². The number of hydrogen-bond donors (Lipinski definition) is 1. The average Bonchev–Trinajstić information content (AvgIpc) is 2.80. The van der Waals surface area contributed by atoms with Crippen molar-refractivity contribution in [1.29, 1.82) is 0 Å². The zero-order valence-corrected chi connectivity index (χ0v) is 12.8. The minimum Gasteiger partial charge on any atom is -0.491 e. The zero-order chi connectivity index (χ0) is 15.5. The fourth-order valence-corrected chi connectivity index (χ4v) is 2.27. The summed E-state index contributed by atoms with van der Waals surface area (Å²) in [4.78, 5) is 0. The Morgan fingerprint density at radius 2 is 1.76 bits per heavy atom. The van der Waals surface area contributed by atoms with Crippen molar-refractivity contribution < 1.29 is 18.3 Å². The summed E-state index contributed by atoms with van der Waals surface area (Å²) in [5, 5.41) is 3.41. The van der Waals surface area contributed by atoms with E-state index in [1.807, 2.05) is 0 Å². The standard InChI is InChI=1S/C16H23F2NO2/c1-16(2,3)19-9-13-4-5-14(21-13)10-20-15-7-11(17)6-12(18)8-15/h6-8,13-14,19H,4-5,9-10H2,1-3H3. The summed E-state index contributed by atoms with van der Waals surface area (Å²) in [6.45, 7) is 7.45. The van der Waals surface area contributed by atoms with Crippen LogP contribution in [-0.2, 0) is 4.74 Å². The zero-order valence-electron chi connectivity index (χ0n) is 12.8. The van der Waals surface area contributed by atoms with Crippen LogP contribution in [-0.4, -0.2) is 30.9 Å². The van der Waals surface area contributed by atoms with Crippen LogP contribution in [0.15, 0.2) is 18.2 Å². The second kappa shape index (κ2) is 6.71. The van der Waals surface area contributed by atoms with E-state index in [1.54, 1.807) is 0 Å². The summed E-state index contributed by atoms with van der Waals surface area (Å²) in [5.74, 6) is -1.07. The van der Waals surface area contributed by atoms with Crippen LogP contribution in [0.25, 0.3) is 0 Å². The molecule has 21 heavy (non-hydrogen) atoms. The molecule has 3 nitrogen and oxygen atoms in total. The minimum absolute atomic E-state index is 0.0249. The predicted octanol–water partition coefficient (Wildman–Crippen LogP) is 3.28. The molecule has 118 valence electrons. The quantitative estimate of drug-likeness (QED) is 0.905. The van der Waals surface area contributed by atoms with Crippen LogP contribution in [0.5, 0.6) is 5.75 Å². The first-order valence-electron chi connectivity index (χ1n) is 7.31. The van der Waals surface area contributed by atoms with Crippen molar-refractivity contribution in [3.8, 4) is 5.75 Å². The Morgan fingerprint density at radius 1 is 1.14 bits per heavy atom. The monoisotopic (exact) mass is 299 g/mol. The van der Waals surface area contributed by atoms with E-state index in [1.165, 1.54) is 12.1 Å². The lowest BCUT2D eigenvalue weighted by molar-refractivity contribution is 0.0161. The molecule has 0 bridgehead atoms. The summed E-state index contributed by atoms with van der Waals surface area (Å²) in [6.07, 6.45) is 2.01. The Labute approximate surface area is 124 Å². The smallest absolute Gasteiger partial charge is 0.129 e. The van der Waals surface area contributed by atoms with Gasteiger partial charge in [0.05, 0.1) is 12.2 Å². The topological polar surface area (TPSA) is 30.5 Å². The van der Waals surface area contributed by atoms with Crippen LogP contribution in [0.1, 0.15) is 33.6 Å². The molecule has 5 heteroatoms. The summed E-state index contributed by atoms with van der Waals surface area (Å²) in [5.41, 5.74) is 0.0665. The van der Waals surface area contributed by atoms with Crippen LogP contribution in [0.2, 0.25) is 0 Å². The first-order valence-corrected chi connectivity index (χ1v) is 7.31. The maximum Gasteiger partial charge on any atom is 0.129 e. The van der Waals surface area contributed by atoms with Crippen LogP contribution in [0.3, 0.4) is 0 Å². The molecule has 0 aromatic heterocycles. The van der Waals surface area contributed by atoms with Crippen molar-refractivity contribution in [2.45, 2.75) is 51.4 Å². The van der Waals surface area contributed by atoms with Crippen molar-refractivity contribution >= 4 is 0 Å². The fraction of sp³-hybridized carbons (Fsp3) is 0.625. The molecule has 1 fully saturated rings. The highest BCUT2D eigenvalue weighted by molar-refractivity contribution is 5.23. The largest absolute Gasteiger partial charge is 0.491 e. The summed E-state index contributed by atoms with van der Waals surface area (Å²) in [7, 11) is 0. The van der Waals surface area contributed by atoms with Crippen molar-refractivity contribution in [3.63, 3.8) is 0 Å². The van der Waals surface area contributed by atoms with Crippen LogP contribution in [0.4, 0.5) is 8.78 Å². The van der Waals surface area contributed by atoms with Crippen LogP contribution >= 0.6 is 0 Å². The van der Waals surface area contributed by atoms with Gasteiger partial charge in [0, 0.05) is 30.3 Å². The number of nitrogens with one attached hydrogen (secondary N) is 1. The second-order valence-electron chi connectivity index (χ2n) is 6.50. The molecular weight excluding hydrogens is 276 g/mol. The average molecular weight is 299 g/mol. The third-order valence-electron chi connectivity index (χ3n) is 3.33. The molecule has 1 aromatic rings. The van der Waals surface area contributed by atoms with E-state index in [0.29, 0.717) is 6.61 Å². The molecule has 1 saturated heterocycles. The molecule has 2 rings (SSSR count). The highest BCUT2D eigenvalue weighted by atomic mass is 19.1. The molecular formula is C16H23F2NO2. The van der Waals surface area contributed by atoms with Gasteiger partial charge in [0.2, 0.25) is 0 Å². The van der Waals surface area contributed by atoms with Gasteiger partial charge in [-0.3, -0.25) is 0 Å². The molecule has 1 aliphatic rings. The highest BCUT2D eigenvalue weighted by Gasteiger charge is 2.26. The molecule has 1 heterocycles. The molecule has 1 aliphatic heterocycles. The Kier molecular flexibility index (Phi) is 5.17. The number of benzene rings is 1. The van der Waals surface area contributed by atoms with Gasteiger partial charge in [0.15, 0.2) is 0 Å². The van der Waals surface area contributed by atoms with Gasteiger partial charge in [-0.25, -0.2) is 8.78 Å². The Morgan fingerprint density at radius 3 is 2.38 bits per heavy atom. The van der Waals surface area contributed by atoms with Gasteiger partial charge in [0.25, 0.3) is 0 Å². The van der Waals surface area contributed by atoms with Crippen molar-refractivity contribution in [2.75, 3.05) is 13.2 Å². The lowest BCUT2D eigenvalue weighted by atomic mass is 10.1. The minimum atomic E-state index is -0.635. The molecule has 1 N–H and O–H groups in total. The van der Waals surface area contributed by atoms with Gasteiger partial charge in [-0.15, -0.1) is 0 Å². The number of rotatable bonds is 5. The molecule has 2 atom stereocenters. The van der Waals surface area contributed by atoms with Gasteiger partial charge in [0.1, 0.15) is 24.0 Å². The number of halogens is 2. The molecule has 0 amide bonds. The Balaban J connectivity index is 1.75. The Bertz CT molecular complexity index is 454. The molecule has 0 radical (unpaired) electrons. The summed E-state index contributed by atoms with van der Waals surface area (Å²) >= 11 is 0. The molecule has 1 aromatic carbocycles. The van der Waals surface area contributed by atoms with Gasteiger partial charge in [-0.1, -0.05) is 0 Å². The third-order valence-corrected chi connectivity index (χ3v) is 3.33. The van der Waals surface area contributed by atoms with E-state index in [4.69, 9.17) is 9.47 Å². The molecule has 2 unspecified atom stereocenters. The van der Waals surface area contributed by atoms with E-state index in [9.17, 15) is 8.78 Å². The number of hydrogen-bond acceptors (Lipinski definition) is 3. The summed E-state index contributed by atoms with van der Waals surface area (Å²) in [6, 6.07) is 3.18. The predicted molar refractivity (Wildman–Crippen MR) is 77.5 cm³/mol. The Hall–Kier alpha value is -1.20. The van der Waals surface area contributed by atoms with E-state index in [2.05, 4.69) is 26.1 Å². The highest BCUT2D eigenvalue weighted by Crippen LogP contribution is 2.22. The van der Waals surface area contributed by atoms with E-state index in [-0.39, 0.29) is 23.5 Å². The van der Waals surface area contributed by atoms with Crippen molar-refractivity contribution in [2.24, 2.45) is 0 Å². The van der Waals surface area contributed by atoms with Gasteiger partial charge >= 0.3 is 0 Å². The van der Waals surface area contributed by atoms with E-state index >= 15 is 0 Å². The second-order valence-corrected chi connectivity index (χ2v) is 6.50. The van der Waals surface area contributed by atoms with Crippen molar-refractivity contribution in [3.05, 3.63) is 29.8 Å². The van der Waals surface area contributed by atoms with Gasteiger partial charge < -0.3 is 14.8 Å². The van der Waals surface area contributed by atoms with E-state index in [0.717, 1.165) is 25.5 Å². The third kappa shape index (κ3) is 5.59. The lowest BCUT2D eigenvalue weighted by Gasteiger charge is -2.23. The fourth-order valence-electron chi connectivity index (χ4n) is 2.27. The first-order chi connectivity index (χ1) is 9.82. The maximum absolute atomic E-state index is 13.0. The first kappa shape index (κ1) is 16.2. The molecule has 0 aliphatic carbocycles. The summed E-state index contributed by atoms with van der Waals surface area (Å²) < 4.78 is 37.4. The van der Waals surface area contributed by atoms with Crippen LogP contribution in [0, 0.1) is 11.6 Å². The van der Waals surface area contributed by atoms with Gasteiger partial charge in [-0.05, 0) is 33.6 Å².